The van der Waals surface area contributed by atoms with Gasteiger partial charge in [-0.15, -0.1) is 0 Å². The Labute approximate surface area is 180 Å². The van der Waals surface area contributed by atoms with Crippen molar-refractivity contribution < 1.29 is 27.9 Å². The largest absolute Gasteiger partial charge is 0.490 e. The van der Waals surface area contributed by atoms with Crippen LogP contribution in [0.15, 0.2) is 36.5 Å². The minimum absolute atomic E-state index is 0.289. The first-order valence-corrected chi connectivity index (χ1v) is 9.63. The molecule has 4 N–H and O–H groups in total. The number of aromatic nitrogens is 3. The van der Waals surface area contributed by atoms with E-state index in [0.29, 0.717) is 5.82 Å². The maximum atomic E-state index is 12.4. The van der Waals surface area contributed by atoms with Crippen LogP contribution in [0.4, 0.5) is 24.7 Å². The van der Waals surface area contributed by atoms with E-state index in [9.17, 15) is 18.0 Å². The van der Waals surface area contributed by atoms with Gasteiger partial charge in [-0.25, -0.2) is 14.8 Å². The third-order valence-corrected chi connectivity index (χ3v) is 4.64. The number of H-pyrrole nitrogens is 1. The molecule has 4 rings (SSSR count). The molecule has 12 heteroatoms. The monoisotopic (exact) mass is 450 g/mol. The number of fused-ring (bicyclic) bond motifs is 1. The minimum atomic E-state index is -5.08. The molecule has 0 unspecified atom stereocenters. The highest BCUT2D eigenvalue weighted by Gasteiger charge is 2.38. The molecule has 9 nitrogen and oxygen atoms in total. The standard InChI is InChI=1S/C18H20N6O.C2HF3O2/c1-12-3-2-4-14-16(12)23-17(21-14)18(25)22-15-6-5-13(11-20-15)24-9-7-19-8-10-24;3-2(4,5)1(6)7/h2-6,11,19H,7-10H2,1H3,(H,21,23)(H,20,22,25);(H,6,7). The molecular weight excluding hydrogens is 429 g/mol. The van der Waals surface area contributed by atoms with Crippen molar-refractivity contribution in [3.05, 3.63) is 47.9 Å². The lowest BCUT2D eigenvalue weighted by molar-refractivity contribution is -0.192. The average molecular weight is 450 g/mol. The van der Waals surface area contributed by atoms with Gasteiger partial charge in [0.1, 0.15) is 5.82 Å². The highest BCUT2D eigenvalue weighted by atomic mass is 19.4. The Morgan fingerprint density at radius 3 is 2.41 bits per heavy atom. The predicted octanol–water partition coefficient (Wildman–Crippen LogP) is 2.56. The molecule has 2 aromatic heterocycles. The molecule has 170 valence electrons. The Kier molecular flexibility index (Phi) is 6.93. The summed E-state index contributed by atoms with van der Waals surface area (Å²) in [6, 6.07) is 9.63. The molecule has 1 aliphatic heterocycles. The van der Waals surface area contributed by atoms with Crippen LogP contribution >= 0.6 is 0 Å². The van der Waals surface area contributed by atoms with E-state index in [-0.39, 0.29) is 11.7 Å². The third kappa shape index (κ3) is 5.72. The molecule has 1 aromatic carbocycles. The van der Waals surface area contributed by atoms with Gasteiger partial charge in [-0.2, -0.15) is 13.2 Å². The van der Waals surface area contributed by atoms with Gasteiger partial charge in [-0.3, -0.25) is 4.79 Å². The van der Waals surface area contributed by atoms with Crippen molar-refractivity contribution in [2.45, 2.75) is 13.1 Å². The van der Waals surface area contributed by atoms with Crippen molar-refractivity contribution in [1.82, 2.24) is 20.3 Å². The summed E-state index contributed by atoms with van der Waals surface area (Å²) in [5, 5.41) is 13.2. The number of nitrogens with one attached hydrogen (secondary N) is 3. The number of carboxylic acid groups (broad SMARTS) is 1. The van der Waals surface area contributed by atoms with Crippen molar-refractivity contribution >= 4 is 34.4 Å². The third-order valence-electron chi connectivity index (χ3n) is 4.64. The van der Waals surface area contributed by atoms with E-state index in [0.717, 1.165) is 48.5 Å². The number of benzene rings is 1. The molecule has 3 aromatic rings. The predicted molar refractivity (Wildman–Crippen MR) is 112 cm³/mol. The van der Waals surface area contributed by atoms with E-state index in [1.165, 1.54) is 0 Å². The average Bonchev–Trinajstić information content (AvgIpc) is 3.21. The summed E-state index contributed by atoms with van der Waals surface area (Å²) in [5.74, 6) is -2.25. The second kappa shape index (κ2) is 9.64. The van der Waals surface area contributed by atoms with Crippen molar-refractivity contribution in [2.24, 2.45) is 0 Å². The fraction of sp³-hybridized carbons (Fsp3) is 0.300. The first kappa shape index (κ1) is 23.0. The Bertz CT molecular complexity index is 1090. The van der Waals surface area contributed by atoms with Crippen molar-refractivity contribution in [3.8, 4) is 0 Å². The van der Waals surface area contributed by atoms with Gasteiger partial charge in [0.2, 0.25) is 0 Å². The van der Waals surface area contributed by atoms with E-state index >= 15 is 0 Å². The number of nitrogens with zero attached hydrogens (tertiary/aromatic N) is 3. The number of carbonyl (C=O) groups excluding carboxylic acids is 1. The fourth-order valence-corrected chi connectivity index (χ4v) is 3.03. The van der Waals surface area contributed by atoms with Crippen molar-refractivity contribution in [3.63, 3.8) is 0 Å². The number of aromatic amines is 1. The van der Waals surface area contributed by atoms with Crippen LogP contribution in [0.5, 0.6) is 0 Å². The Morgan fingerprint density at radius 2 is 1.84 bits per heavy atom. The summed E-state index contributed by atoms with van der Waals surface area (Å²) in [6.45, 7) is 5.85. The molecule has 1 saturated heterocycles. The summed E-state index contributed by atoms with van der Waals surface area (Å²) in [4.78, 5) is 35.4. The van der Waals surface area contributed by atoms with Crippen LogP contribution in [0.3, 0.4) is 0 Å². The number of hydrogen-bond acceptors (Lipinski definition) is 6. The van der Waals surface area contributed by atoms with E-state index < -0.39 is 12.1 Å². The zero-order valence-electron chi connectivity index (χ0n) is 17.0. The number of hydrogen-bond donors (Lipinski definition) is 4. The summed E-state index contributed by atoms with van der Waals surface area (Å²) < 4.78 is 31.7. The van der Waals surface area contributed by atoms with Crippen molar-refractivity contribution in [1.29, 1.82) is 0 Å². The van der Waals surface area contributed by atoms with Gasteiger partial charge in [0.05, 0.1) is 22.9 Å². The maximum Gasteiger partial charge on any atom is 0.490 e. The van der Waals surface area contributed by atoms with Gasteiger partial charge in [-0.1, -0.05) is 12.1 Å². The number of amides is 1. The Morgan fingerprint density at radius 1 is 1.16 bits per heavy atom. The zero-order chi connectivity index (χ0) is 23.3. The second-order valence-corrected chi connectivity index (χ2v) is 6.95. The number of pyridine rings is 1. The van der Waals surface area contributed by atoms with Crippen LogP contribution in [-0.4, -0.2) is 64.3 Å². The second-order valence-electron chi connectivity index (χ2n) is 6.95. The number of aliphatic carboxylic acids is 1. The molecule has 0 atom stereocenters. The normalized spacial score (nSPS) is 13.9. The summed E-state index contributed by atoms with van der Waals surface area (Å²) in [5.41, 5.74) is 3.77. The van der Waals surface area contributed by atoms with E-state index in [1.54, 1.807) is 6.20 Å². The van der Waals surface area contributed by atoms with Gasteiger partial charge >= 0.3 is 12.1 Å². The SMILES string of the molecule is Cc1cccc2[nH]c(C(=O)Nc3ccc(N4CCNCC4)cn3)nc12.O=C(O)C(F)(F)F. The lowest BCUT2D eigenvalue weighted by Crippen LogP contribution is -2.43. The van der Waals surface area contributed by atoms with Gasteiger partial charge < -0.3 is 25.6 Å². The molecule has 0 aliphatic carbocycles. The molecule has 32 heavy (non-hydrogen) atoms. The first-order valence-electron chi connectivity index (χ1n) is 9.63. The summed E-state index contributed by atoms with van der Waals surface area (Å²) in [6.07, 6.45) is -3.29. The van der Waals surface area contributed by atoms with Crippen LogP contribution < -0.4 is 15.5 Å². The number of piperazine rings is 1. The van der Waals surface area contributed by atoms with E-state index in [1.807, 2.05) is 37.3 Å². The number of para-hydroxylation sites is 1. The molecular formula is C20H21F3N6O3. The molecule has 0 bridgehead atoms. The summed E-state index contributed by atoms with van der Waals surface area (Å²) >= 11 is 0. The number of carboxylic acids is 1. The number of imidazole rings is 1. The van der Waals surface area contributed by atoms with Gasteiger partial charge in [0.15, 0.2) is 5.82 Å². The molecule has 0 saturated carbocycles. The lowest BCUT2D eigenvalue weighted by Gasteiger charge is -2.29. The quantitative estimate of drug-likeness (QED) is 0.484. The molecule has 1 aliphatic rings. The zero-order valence-corrected chi connectivity index (χ0v) is 17.0. The van der Waals surface area contributed by atoms with Gasteiger partial charge in [0, 0.05) is 26.2 Å². The Hall–Kier alpha value is -3.67. The van der Waals surface area contributed by atoms with Crippen LogP contribution in [0.2, 0.25) is 0 Å². The molecule has 1 amide bonds. The maximum absolute atomic E-state index is 12.4. The van der Waals surface area contributed by atoms with Crippen LogP contribution in [0, 0.1) is 6.92 Å². The number of rotatable bonds is 3. The van der Waals surface area contributed by atoms with Crippen LogP contribution in [0.25, 0.3) is 11.0 Å². The van der Waals surface area contributed by atoms with Crippen molar-refractivity contribution in [2.75, 3.05) is 36.4 Å². The number of halogens is 3. The number of alkyl halides is 3. The topological polar surface area (TPSA) is 123 Å². The summed E-state index contributed by atoms with van der Waals surface area (Å²) in [7, 11) is 0. The smallest absolute Gasteiger partial charge is 0.475 e. The number of aryl methyl sites for hydroxylation is 1. The van der Waals surface area contributed by atoms with Gasteiger partial charge in [0.25, 0.3) is 5.91 Å². The fourth-order valence-electron chi connectivity index (χ4n) is 3.03. The molecule has 0 spiro atoms. The number of carbonyl (C=O) groups is 2. The molecule has 3 heterocycles. The lowest BCUT2D eigenvalue weighted by atomic mass is 10.2. The molecule has 1 fully saturated rings. The van der Waals surface area contributed by atoms with Crippen LogP contribution in [0.1, 0.15) is 16.2 Å². The first-order chi connectivity index (χ1) is 15.1. The highest BCUT2D eigenvalue weighted by Crippen LogP contribution is 2.18. The Balaban J connectivity index is 0.000000360. The van der Waals surface area contributed by atoms with E-state index in [2.05, 4.69) is 30.5 Å². The number of anilines is 2. The minimum Gasteiger partial charge on any atom is -0.475 e. The van der Waals surface area contributed by atoms with E-state index in [4.69, 9.17) is 9.90 Å². The molecule has 0 radical (unpaired) electrons. The van der Waals surface area contributed by atoms with Gasteiger partial charge in [-0.05, 0) is 30.7 Å². The van der Waals surface area contributed by atoms with Crippen LogP contribution in [-0.2, 0) is 4.79 Å². The highest BCUT2D eigenvalue weighted by molar-refractivity contribution is 6.03.